The van der Waals surface area contributed by atoms with Gasteiger partial charge in [-0.3, -0.25) is 0 Å². The van der Waals surface area contributed by atoms with Crippen molar-refractivity contribution in [1.29, 1.82) is 0 Å². The minimum absolute atomic E-state index is 0.227. The predicted octanol–water partition coefficient (Wildman–Crippen LogP) is 2.04. The Morgan fingerprint density at radius 3 is 2.86 bits per heavy atom. The molecular weight excluding hydrogens is 194 g/mol. The number of hydrogen-bond acceptors (Lipinski definition) is 3. The van der Waals surface area contributed by atoms with E-state index in [1.165, 1.54) is 4.88 Å². The quantitative estimate of drug-likeness (QED) is 0.758. The van der Waals surface area contributed by atoms with Crippen LogP contribution in [-0.4, -0.2) is 23.8 Å². The summed E-state index contributed by atoms with van der Waals surface area (Å²) in [7, 11) is 0. The standard InChI is InChI=1S/C11H19NOS/c1-3-10(8-13)12-9(2)7-11-5-4-6-14-11/h4-6,9-10,12-13H,3,7-8H2,1-2H3. The van der Waals surface area contributed by atoms with Crippen LogP contribution in [0.3, 0.4) is 0 Å². The molecule has 0 amide bonds. The lowest BCUT2D eigenvalue weighted by atomic mass is 10.1. The van der Waals surface area contributed by atoms with Gasteiger partial charge >= 0.3 is 0 Å². The van der Waals surface area contributed by atoms with E-state index in [9.17, 15) is 0 Å². The van der Waals surface area contributed by atoms with E-state index in [2.05, 4.69) is 36.7 Å². The molecule has 1 aromatic rings. The van der Waals surface area contributed by atoms with Gasteiger partial charge in [0, 0.05) is 17.0 Å². The lowest BCUT2D eigenvalue weighted by Crippen LogP contribution is -2.39. The summed E-state index contributed by atoms with van der Waals surface area (Å²) in [5.41, 5.74) is 0. The molecule has 0 aliphatic carbocycles. The summed E-state index contributed by atoms with van der Waals surface area (Å²) in [6.45, 7) is 4.48. The molecule has 2 N–H and O–H groups in total. The molecular formula is C11H19NOS. The van der Waals surface area contributed by atoms with E-state index in [0.717, 1.165) is 12.8 Å². The molecule has 1 heterocycles. The van der Waals surface area contributed by atoms with E-state index in [1.807, 2.05) is 0 Å². The summed E-state index contributed by atoms with van der Waals surface area (Å²) in [6.07, 6.45) is 2.03. The highest BCUT2D eigenvalue weighted by Crippen LogP contribution is 2.11. The third-order valence-electron chi connectivity index (χ3n) is 2.32. The smallest absolute Gasteiger partial charge is 0.0584 e. The summed E-state index contributed by atoms with van der Waals surface area (Å²) in [6, 6.07) is 4.91. The Bertz CT molecular complexity index is 231. The number of rotatable bonds is 6. The topological polar surface area (TPSA) is 32.3 Å². The van der Waals surface area contributed by atoms with Crippen molar-refractivity contribution in [2.45, 2.75) is 38.8 Å². The van der Waals surface area contributed by atoms with Crippen LogP contribution in [0.25, 0.3) is 0 Å². The molecule has 0 radical (unpaired) electrons. The molecule has 80 valence electrons. The van der Waals surface area contributed by atoms with Crippen molar-refractivity contribution < 1.29 is 5.11 Å². The normalized spacial score (nSPS) is 15.4. The predicted molar refractivity (Wildman–Crippen MR) is 61.8 cm³/mol. The molecule has 0 aliphatic rings. The first-order valence-corrected chi connectivity index (χ1v) is 6.03. The molecule has 2 unspecified atom stereocenters. The summed E-state index contributed by atoms with van der Waals surface area (Å²) < 4.78 is 0. The Morgan fingerprint density at radius 1 is 1.57 bits per heavy atom. The molecule has 2 atom stereocenters. The van der Waals surface area contributed by atoms with Crippen LogP contribution in [0.15, 0.2) is 17.5 Å². The van der Waals surface area contributed by atoms with E-state index >= 15 is 0 Å². The van der Waals surface area contributed by atoms with Gasteiger partial charge in [-0.25, -0.2) is 0 Å². The van der Waals surface area contributed by atoms with Gasteiger partial charge in [-0.2, -0.15) is 0 Å². The van der Waals surface area contributed by atoms with Gasteiger partial charge in [-0.05, 0) is 31.2 Å². The van der Waals surface area contributed by atoms with Crippen LogP contribution in [0, 0.1) is 0 Å². The highest BCUT2D eigenvalue weighted by molar-refractivity contribution is 7.09. The van der Waals surface area contributed by atoms with Crippen molar-refractivity contribution in [2.75, 3.05) is 6.61 Å². The highest BCUT2D eigenvalue weighted by atomic mass is 32.1. The molecule has 2 nitrogen and oxygen atoms in total. The first kappa shape index (κ1) is 11.7. The first-order valence-electron chi connectivity index (χ1n) is 5.15. The summed E-state index contributed by atoms with van der Waals surface area (Å²) in [5.74, 6) is 0. The molecule has 0 spiro atoms. The van der Waals surface area contributed by atoms with E-state index in [1.54, 1.807) is 11.3 Å². The van der Waals surface area contributed by atoms with Gasteiger partial charge in [0.05, 0.1) is 6.61 Å². The van der Waals surface area contributed by atoms with Gasteiger partial charge in [0.25, 0.3) is 0 Å². The Hall–Kier alpha value is -0.380. The Kier molecular flexibility index (Phi) is 5.15. The minimum Gasteiger partial charge on any atom is -0.395 e. The summed E-state index contributed by atoms with van der Waals surface area (Å²) >= 11 is 1.79. The first-order chi connectivity index (χ1) is 6.76. The van der Waals surface area contributed by atoms with Crippen LogP contribution in [0.4, 0.5) is 0 Å². The maximum atomic E-state index is 9.04. The highest BCUT2D eigenvalue weighted by Gasteiger charge is 2.09. The van der Waals surface area contributed by atoms with Gasteiger partial charge in [0.1, 0.15) is 0 Å². The molecule has 0 saturated carbocycles. The zero-order valence-corrected chi connectivity index (χ0v) is 9.68. The van der Waals surface area contributed by atoms with E-state index in [-0.39, 0.29) is 12.6 Å². The molecule has 0 saturated heterocycles. The second-order valence-corrected chi connectivity index (χ2v) is 4.67. The average Bonchev–Trinajstić information content (AvgIpc) is 2.66. The fraction of sp³-hybridized carbons (Fsp3) is 0.636. The SMILES string of the molecule is CCC(CO)NC(C)Cc1cccs1. The van der Waals surface area contributed by atoms with E-state index in [0.29, 0.717) is 6.04 Å². The minimum atomic E-state index is 0.227. The van der Waals surface area contributed by atoms with Crippen molar-refractivity contribution in [2.24, 2.45) is 0 Å². The molecule has 0 fully saturated rings. The van der Waals surface area contributed by atoms with Gasteiger partial charge in [-0.1, -0.05) is 13.0 Å². The fourth-order valence-corrected chi connectivity index (χ4v) is 2.33. The number of nitrogens with one attached hydrogen (secondary N) is 1. The third kappa shape index (κ3) is 3.78. The van der Waals surface area contributed by atoms with Crippen molar-refractivity contribution in [3.63, 3.8) is 0 Å². The van der Waals surface area contributed by atoms with Crippen LogP contribution < -0.4 is 5.32 Å². The summed E-state index contributed by atoms with van der Waals surface area (Å²) in [4.78, 5) is 1.40. The van der Waals surface area contributed by atoms with Crippen molar-refractivity contribution >= 4 is 11.3 Å². The zero-order chi connectivity index (χ0) is 10.4. The largest absolute Gasteiger partial charge is 0.395 e. The number of aliphatic hydroxyl groups is 1. The van der Waals surface area contributed by atoms with Crippen LogP contribution in [0.2, 0.25) is 0 Å². The van der Waals surface area contributed by atoms with Gasteiger partial charge in [-0.15, -0.1) is 11.3 Å². The van der Waals surface area contributed by atoms with Gasteiger partial charge in [0.2, 0.25) is 0 Å². The Morgan fingerprint density at radius 2 is 2.36 bits per heavy atom. The fourth-order valence-electron chi connectivity index (χ4n) is 1.49. The lowest BCUT2D eigenvalue weighted by Gasteiger charge is -2.19. The maximum absolute atomic E-state index is 9.04. The Labute approximate surface area is 90.0 Å². The lowest BCUT2D eigenvalue weighted by molar-refractivity contribution is 0.229. The third-order valence-corrected chi connectivity index (χ3v) is 3.22. The van der Waals surface area contributed by atoms with Crippen LogP contribution in [0.5, 0.6) is 0 Å². The molecule has 3 heteroatoms. The number of hydrogen-bond donors (Lipinski definition) is 2. The monoisotopic (exact) mass is 213 g/mol. The van der Waals surface area contributed by atoms with E-state index in [4.69, 9.17) is 5.11 Å². The molecule has 1 aromatic heterocycles. The molecule has 0 aromatic carbocycles. The maximum Gasteiger partial charge on any atom is 0.0584 e. The van der Waals surface area contributed by atoms with Crippen LogP contribution >= 0.6 is 11.3 Å². The number of thiophene rings is 1. The summed E-state index contributed by atoms with van der Waals surface area (Å²) in [5, 5.41) is 14.6. The zero-order valence-electron chi connectivity index (χ0n) is 8.86. The molecule has 0 aliphatic heterocycles. The van der Waals surface area contributed by atoms with Crippen LogP contribution in [-0.2, 0) is 6.42 Å². The number of aliphatic hydroxyl groups excluding tert-OH is 1. The van der Waals surface area contributed by atoms with Crippen LogP contribution in [0.1, 0.15) is 25.1 Å². The van der Waals surface area contributed by atoms with Gasteiger partial charge in [0.15, 0.2) is 0 Å². The molecule has 1 rings (SSSR count). The Balaban J connectivity index is 2.31. The second-order valence-electron chi connectivity index (χ2n) is 3.64. The van der Waals surface area contributed by atoms with Crippen molar-refractivity contribution in [1.82, 2.24) is 5.32 Å². The van der Waals surface area contributed by atoms with Crippen molar-refractivity contribution in [3.8, 4) is 0 Å². The second kappa shape index (κ2) is 6.17. The van der Waals surface area contributed by atoms with Gasteiger partial charge < -0.3 is 10.4 Å². The van der Waals surface area contributed by atoms with E-state index < -0.39 is 0 Å². The average molecular weight is 213 g/mol. The molecule has 14 heavy (non-hydrogen) atoms. The van der Waals surface area contributed by atoms with Crippen molar-refractivity contribution in [3.05, 3.63) is 22.4 Å². The molecule has 0 bridgehead atoms.